The predicted molar refractivity (Wildman–Crippen MR) is 187 cm³/mol. The molecule has 0 atom stereocenters. The van der Waals surface area contributed by atoms with Gasteiger partial charge in [-0.2, -0.15) is 0 Å². The van der Waals surface area contributed by atoms with E-state index in [0.717, 1.165) is 0 Å². The first-order valence-electron chi connectivity index (χ1n) is 15.0. The van der Waals surface area contributed by atoms with Gasteiger partial charge in [0.05, 0.1) is 0 Å². The van der Waals surface area contributed by atoms with Crippen molar-refractivity contribution in [3.05, 3.63) is 139 Å². The van der Waals surface area contributed by atoms with Gasteiger partial charge < -0.3 is 0 Å². The lowest BCUT2D eigenvalue weighted by Gasteiger charge is -2.33. The molecule has 6 aromatic carbocycles. The first-order chi connectivity index (χ1) is 20.9. The number of hydrogen-bond donors (Lipinski definition) is 0. The fourth-order valence-corrected chi connectivity index (χ4v) is 9.07. The molecule has 2 aliphatic heterocycles. The summed E-state index contributed by atoms with van der Waals surface area (Å²) < 4.78 is 0. The van der Waals surface area contributed by atoms with Gasteiger partial charge in [0.15, 0.2) is 0 Å². The van der Waals surface area contributed by atoms with Crippen molar-refractivity contribution >= 4 is 46.6 Å². The van der Waals surface area contributed by atoms with E-state index in [2.05, 4.69) is 154 Å². The lowest BCUT2D eigenvalue weighted by Crippen LogP contribution is -2.58. The summed E-state index contributed by atoms with van der Waals surface area (Å²) in [6.45, 7) is 7.06. The third-order valence-electron chi connectivity index (χ3n) is 8.79. The Balaban J connectivity index is 1.26. The Kier molecular flexibility index (Phi) is 6.43. The second kappa shape index (κ2) is 10.4. The van der Waals surface area contributed by atoms with Crippen LogP contribution < -0.4 is 16.4 Å². The minimum atomic E-state index is 0.139. The van der Waals surface area contributed by atoms with Gasteiger partial charge in [-0.05, 0) is 74.1 Å². The molecule has 0 unspecified atom stereocenters. The van der Waals surface area contributed by atoms with Crippen molar-refractivity contribution in [1.82, 2.24) is 0 Å². The van der Waals surface area contributed by atoms with Crippen LogP contribution in [-0.2, 0) is 5.41 Å². The maximum Gasteiger partial charge on any atom is 0.247 e. The molecular weight excluding hydrogens is 555 g/mol. The molecule has 0 saturated carbocycles. The standard InChI is InChI=1S/C40H31BS2/c1-40(2,3)30-20-17-27(18-21-30)31-13-7-8-14-32(31)28-19-22-34-36(23-28)43-38-25-29(26-11-5-4-6-12-26)24-37-39(38)41(34)33-15-9-10-16-35(33)42-37/h4-25H,1-3H3. The van der Waals surface area contributed by atoms with Crippen LogP contribution >= 0.6 is 23.5 Å². The molecule has 0 saturated heterocycles. The Morgan fingerprint density at radius 2 is 1.00 bits per heavy atom. The zero-order valence-electron chi connectivity index (χ0n) is 24.6. The summed E-state index contributed by atoms with van der Waals surface area (Å²) in [5.74, 6) is 0. The third-order valence-corrected chi connectivity index (χ3v) is 11.1. The quantitative estimate of drug-likeness (QED) is 0.189. The molecule has 0 nitrogen and oxygen atoms in total. The third kappa shape index (κ3) is 4.67. The Hall–Kier alpha value is -3.92. The summed E-state index contributed by atoms with van der Waals surface area (Å²) in [5.41, 5.74) is 13.4. The lowest BCUT2D eigenvalue weighted by atomic mass is 9.36. The van der Waals surface area contributed by atoms with Gasteiger partial charge >= 0.3 is 0 Å². The molecule has 0 spiro atoms. The van der Waals surface area contributed by atoms with Crippen LogP contribution in [0.3, 0.4) is 0 Å². The molecule has 0 fully saturated rings. The monoisotopic (exact) mass is 586 g/mol. The van der Waals surface area contributed by atoms with E-state index in [9.17, 15) is 0 Å². The first kappa shape index (κ1) is 26.7. The molecule has 0 N–H and O–H groups in total. The van der Waals surface area contributed by atoms with E-state index in [1.54, 1.807) is 0 Å². The molecule has 0 radical (unpaired) electrons. The van der Waals surface area contributed by atoms with Gasteiger partial charge in [0.2, 0.25) is 6.71 Å². The van der Waals surface area contributed by atoms with Crippen molar-refractivity contribution in [2.24, 2.45) is 0 Å². The summed E-state index contributed by atoms with van der Waals surface area (Å²) in [6, 6.07) is 49.8. The molecule has 2 heterocycles. The maximum absolute atomic E-state index is 2.44. The highest BCUT2D eigenvalue weighted by Crippen LogP contribution is 2.42. The van der Waals surface area contributed by atoms with Crippen molar-refractivity contribution in [2.75, 3.05) is 0 Å². The summed E-state index contributed by atoms with van der Waals surface area (Å²) >= 11 is 3.86. The summed E-state index contributed by atoms with van der Waals surface area (Å²) in [7, 11) is 0. The number of fused-ring (bicyclic) bond motifs is 4. The molecule has 8 rings (SSSR count). The Bertz CT molecular complexity index is 2000. The van der Waals surface area contributed by atoms with Gasteiger partial charge in [0, 0.05) is 19.6 Å². The minimum absolute atomic E-state index is 0.139. The van der Waals surface area contributed by atoms with E-state index in [1.165, 1.54) is 74.9 Å². The van der Waals surface area contributed by atoms with Gasteiger partial charge in [0.1, 0.15) is 0 Å². The van der Waals surface area contributed by atoms with Gasteiger partial charge in [-0.25, -0.2) is 0 Å². The fourth-order valence-electron chi connectivity index (χ4n) is 6.54. The van der Waals surface area contributed by atoms with Crippen molar-refractivity contribution in [3.63, 3.8) is 0 Å². The van der Waals surface area contributed by atoms with Gasteiger partial charge in [0.25, 0.3) is 0 Å². The van der Waals surface area contributed by atoms with Gasteiger partial charge in [-0.3, -0.25) is 0 Å². The Labute approximate surface area is 263 Å². The van der Waals surface area contributed by atoms with Crippen LogP contribution in [0.15, 0.2) is 153 Å². The molecule has 6 aromatic rings. The van der Waals surface area contributed by atoms with Crippen LogP contribution in [0.4, 0.5) is 0 Å². The normalized spacial score (nSPS) is 13.2. The van der Waals surface area contributed by atoms with Gasteiger partial charge in [-0.1, -0.05) is 164 Å². The highest BCUT2D eigenvalue weighted by molar-refractivity contribution is 8.01. The average molecular weight is 587 g/mol. The Morgan fingerprint density at radius 3 is 1.72 bits per heavy atom. The van der Waals surface area contributed by atoms with Crippen molar-refractivity contribution < 1.29 is 0 Å². The molecule has 0 amide bonds. The van der Waals surface area contributed by atoms with Crippen LogP contribution in [0, 0.1) is 0 Å². The minimum Gasteiger partial charge on any atom is -0.0911 e. The van der Waals surface area contributed by atoms with Crippen molar-refractivity contribution in [2.45, 2.75) is 45.8 Å². The SMILES string of the molecule is CC(C)(C)c1ccc(-c2ccccc2-c2ccc3c(c2)Sc2cc(-c4ccccc4)cc4c2B3c2ccccc2S4)cc1. The fraction of sp³-hybridized carbons (Fsp3) is 0.100. The molecule has 43 heavy (non-hydrogen) atoms. The number of hydrogen-bond acceptors (Lipinski definition) is 2. The summed E-state index contributed by atoms with van der Waals surface area (Å²) in [5, 5.41) is 0. The molecule has 0 aromatic heterocycles. The van der Waals surface area contributed by atoms with Crippen LogP contribution in [0.25, 0.3) is 33.4 Å². The highest BCUT2D eigenvalue weighted by Gasteiger charge is 2.38. The maximum atomic E-state index is 2.44. The molecular formula is C40H31BS2. The largest absolute Gasteiger partial charge is 0.247 e. The zero-order valence-corrected chi connectivity index (χ0v) is 26.2. The van der Waals surface area contributed by atoms with Crippen LogP contribution in [0.5, 0.6) is 0 Å². The van der Waals surface area contributed by atoms with E-state index < -0.39 is 0 Å². The van der Waals surface area contributed by atoms with Crippen LogP contribution in [0.1, 0.15) is 26.3 Å². The molecule has 2 aliphatic rings. The average Bonchev–Trinajstić information content (AvgIpc) is 3.04. The second-order valence-corrected chi connectivity index (χ2v) is 14.7. The predicted octanol–water partition coefficient (Wildman–Crippen LogP) is 9.43. The summed E-state index contributed by atoms with van der Waals surface area (Å²) in [4.78, 5) is 5.47. The van der Waals surface area contributed by atoms with Crippen LogP contribution in [-0.4, -0.2) is 6.71 Å². The van der Waals surface area contributed by atoms with E-state index in [1.807, 2.05) is 23.5 Å². The van der Waals surface area contributed by atoms with E-state index in [-0.39, 0.29) is 12.1 Å². The van der Waals surface area contributed by atoms with E-state index in [4.69, 9.17) is 0 Å². The first-order valence-corrected chi connectivity index (χ1v) is 16.6. The highest BCUT2D eigenvalue weighted by atomic mass is 32.2. The molecule has 0 aliphatic carbocycles. The number of benzene rings is 6. The molecule has 3 heteroatoms. The zero-order chi connectivity index (χ0) is 29.1. The van der Waals surface area contributed by atoms with E-state index >= 15 is 0 Å². The molecule has 0 bridgehead atoms. The number of rotatable bonds is 3. The van der Waals surface area contributed by atoms with Crippen molar-refractivity contribution in [3.8, 4) is 33.4 Å². The molecule has 206 valence electrons. The van der Waals surface area contributed by atoms with Gasteiger partial charge in [-0.15, -0.1) is 0 Å². The smallest absolute Gasteiger partial charge is 0.0911 e. The topological polar surface area (TPSA) is 0 Å². The van der Waals surface area contributed by atoms with Crippen LogP contribution in [0.2, 0.25) is 0 Å². The summed E-state index contributed by atoms with van der Waals surface area (Å²) in [6.07, 6.45) is 0. The van der Waals surface area contributed by atoms with Crippen molar-refractivity contribution in [1.29, 1.82) is 0 Å². The second-order valence-electron chi connectivity index (χ2n) is 12.6. The lowest BCUT2D eigenvalue weighted by molar-refractivity contribution is 0.590. The Morgan fingerprint density at radius 1 is 0.442 bits per heavy atom. The van der Waals surface area contributed by atoms with E-state index in [0.29, 0.717) is 0 Å².